The van der Waals surface area contributed by atoms with E-state index in [9.17, 15) is 4.39 Å². The molecule has 0 heterocycles. The van der Waals surface area contributed by atoms with Gasteiger partial charge in [0.05, 0.1) is 5.69 Å². The normalized spacial score (nSPS) is 10.9. The molecule has 0 saturated carbocycles. The van der Waals surface area contributed by atoms with Crippen molar-refractivity contribution in [2.24, 2.45) is 0 Å². The Hall–Kier alpha value is -1.39. The van der Waals surface area contributed by atoms with Gasteiger partial charge in [0.1, 0.15) is 5.82 Å². The lowest BCUT2D eigenvalue weighted by molar-refractivity contribution is 0.318. The molecule has 0 amide bonds. The number of hydrogen-bond acceptors (Lipinski definition) is 2. The van der Waals surface area contributed by atoms with Crippen LogP contribution >= 0.6 is 15.9 Å². The maximum Gasteiger partial charge on any atom is 0.146 e. The van der Waals surface area contributed by atoms with Crippen molar-refractivity contribution in [3.05, 3.63) is 63.9 Å². The summed E-state index contributed by atoms with van der Waals surface area (Å²) in [7, 11) is 2.01. The van der Waals surface area contributed by atoms with Gasteiger partial charge >= 0.3 is 0 Å². The van der Waals surface area contributed by atoms with Crippen molar-refractivity contribution in [2.75, 3.05) is 12.8 Å². The third-order valence-corrected chi connectivity index (χ3v) is 3.69. The molecular weight excluding hydrogens is 307 g/mol. The molecule has 0 aliphatic rings. The number of benzene rings is 2. The summed E-state index contributed by atoms with van der Waals surface area (Å²) in [4.78, 5) is 2.13. The second kappa shape index (κ2) is 6.17. The largest absolute Gasteiger partial charge is 0.396 e. The van der Waals surface area contributed by atoms with E-state index in [-0.39, 0.29) is 11.5 Å². The number of rotatable bonds is 4. The molecule has 100 valence electrons. The van der Waals surface area contributed by atoms with Crippen LogP contribution in [0.3, 0.4) is 0 Å². The number of anilines is 1. The third kappa shape index (κ3) is 3.78. The first-order chi connectivity index (χ1) is 9.06. The first-order valence-electron chi connectivity index (χ1n) is 6.02. The lowest BCUT2D eigenvalue weighted by Crippen LogP contribution is -2.17. The minimum absolute atomic E-state index is 0.192. The number of halogens is 2. The van der Waals surface area contributed by atoms with Crippen LogP contribution in [-0.2, 0) is 13.1 Å². The quantitative estimate of drug-likeness (QED) is 0.867. The van der Waals surface area contributed by atoms with E-state index in [0.29, 0.717) is 6.54 Å². The van der Waals surface area contributed by atoms with Crippen molar-refractivity contribution in [3.63, 3.8) is 0 Å². The van der Waals surface area contributed by atoms with Gasteiger partial charge in [-0.05, 0) is 36.4 Å². The zero-order valence-corrected chi connectivity index (χ0v) is 12.3. The van der Waals surface area contributed by atoms with Gasteiger partial charge in [-0.1, -0.05) is 40.2 Å². The zero-order valence-electron chi connectivity index (χ0n) is 10.7. The summed E-state index contributed by atoms with van der Waals surface area (Å²) in [6.07, 6.45) is 0. The van der Waals surface area contributed by atoms with E-state index < -0.39 is 0 Å². The van der Waals surface area contributed by atoms with Crippen LogP contribution in [0.25, 0.3) is 0 Å². The van der Waals surface area contributed by atoms with Crippen LogP contribution in [0.5, 0.6) is 0 Å². The summed E-state index contributed by atoms with van der Waals surface area (Å²) in [5.74, 6) is -0.355. The molecule has 0 atom stereocenters. The first kappa shape index (κ1) is 14.0. The van der Waals surface area contributed by atoms with E-state index in [1.54, 1.807) is 6.07 Å². The third-order valence-electron chi connectivity index (χ3n) is 2.92. The Morgan fingerprint density at radius 3 is 2.58 bits per heavy atom. The Morgan fingerprint density at radius 1 is 1.16 bits per heavy atom. The van der Waals surface area contributed by atoms with Gasteiger partial charge in [-0.25, -0.2) is 4.39 Å². The Balaban J connectivity index is 2.03. The topological polar surface area (TPSA) is 29.3 Å². The van der Waals surface area contributed by atoms with Crippen molar-refractivity contribution in [2.45, 2.75) is 13.1 Å². The van der Waals surface area contributed by atoms with Gasteiger partial charge in [0, 0.05) is 17.6 Å². The van der Waals surface area contributed by atoms with Gasteiger partial charge in [0.15, 0.2) is 0 Å². The van der Waals surface area contributed by atoms with Gasteiger partial charge in [-0.2, -0.15) is 0 Å². The van der Waals surface area contributed by atoms with Gasteiger partial charge in [0.2, 0.25) is 0 Å². The number of nitrogens with two attached hydrogens (primary N) is 1. The molecule has 0 radical (unpaired) electrons. The van der Waals surface area contributed by atoms with Crippen LogP contribution in [-0.4, -0.2) is 11.9 Å². The van der Waals surface area contributed by atoms with Gasteiger partial charge in [-0.3, -0.25) is 4.90 Å². The summed E-state index contributed by atoms with van der Waals surface area (Å²) >= 11 is 3.53. The summed E-state index contributed by atoms with van der Waals surface area (Å²) < 4.78 is 14.5. The van der Waals surface area contributed by atoms with Crippen molar-refractivity contribution in [3.8, 4) is 0 Å². The lowest BCUT2D eigenvalue weighted by Gasteiger charge is -2.18. The molecule has 2 N–H and O–H groups in total. The average molecular weight is 323 g/mol. The Bertz CT molecular complexity index is 572. The van der Waals surface area contributed by atoms with Crippen molar-refractivity contribution < 1.29 is 4.39 Å². The van der Waals surface area contributed by atoms with Crippen LogP contribution in [0.1, 0.15) is 11.1 Å². The Kier molecular flexibility index (Phi) is 4.56. The maximum absolute atomic E-state index is 13.4. The molecule has 0 aliphatic heterocycles. The molecule has 2 aromatic rings. The monoisotopic (exact) mass is 322 g/mol. The molecule has 0 spiro atoms. The highest BCUT2D eigenvalue weighted by atomic mass is 79.9. The highest BCUT2D eigenvalue weighted by Gasteiger charge is 2.06. The second-order valence-corrected chi connectivity index (χ2v) is 5.47. The maximum atomic E-state index is 13.4. The van der Waals surface area contributed by atoms with Crippen LogP contribution < -0.4 is 5.73 Å². The number of nitrogens with zero attached hydrogens (tertiary/aromatic N) is 1. The van der Waals surface area contributed by atoms with E-state index in [1.165, 1.54) is 11.6 Å². The van der Waals surface area contributed by atoms with E-state index in [1.807, 2.05) is 31.3 Å². The zero-order chi connectivity index (χ0) is 13.8. The van der Waals surface area contributed by atoms with E-state index in [4.69, 9.17) is 5.73 Å². The molecule has 0 aliphatic carbocycles. The Morgan fingerprint density at radius 2 is 1.89 bits per heavy atom. The standard InChI is InChI=1S/C15H16BrFN2/c1-19(10-12-4-2-3-5-13(12)16)9-11-6-7-15(18)14(17)8-11/h2-8H,9-10,18H2,1H3. The first-order valence-corrected chi connectivity index (χ1v) is 6.81. The van der Waals surface area contributed by atoms with E-state index in [0.717, 1.165) is 16.6 Å². The summed E-state index contributed by atoms with van der Waals surface area (Å²) in [5, 5.41) is 0. The van der Waals surface area contributed by atoms with Crippen molar-refractivity contribution >= 4 is 21.6 Å². The highest BCUT2D eigenvalue weighted by molar-refractivity contribution is 9.10. The van der Waals surface area contributed by atoms with Gasteiger partial charge < -0.3 is 5.73 Å². The van der Waals surface area contributed by atoms with Gasteiger partial charge in [0.25, 0.3) is 0 Å². The molecule has 2 nitrogen and oxygen atoms in total. The second-order valence-electron chi connectivity index (χ2n) is 4.62. The minimum atomic E-state index is -0.355. The predicted octanol–water partition coefficient (Wildman–Crippen LogP) is 3.80. The smallest absolute Gasteiger partial charge is 0.146 e. The molecule has 0 fully saturated rings. The molecule has 0 unspecified atom stereocenters. The highest BCUT2D eigenvalue weighted by Crippen LogP contribution is 2.19. The van der Waals surface area contributed by atoms with Crippen LogP contribution in [0.2, 0.25) is 0 Å². The summed E-state index contributed by atoms with van der Waals surface area (Å²) in [6, 6.07) is 13.0. The summed E-state index contributed by atoms with van der Waals surface area (Å²) in [6.45, 7) is 1.48. The fourth-order valence-corrected chi connectivity index (χ4v) is 2.36. The molecule has 19 heavy (non-hydrogen) atoms. The predicted molar refractivity (Wildman–Crippen MR) is 80.1 cm³/mol. The van der Waals surface area contributed by atoms with Crippen molar-refractivity contribution in [1.82, 2.24) is 4.90 Å². The van der Waals surface area contributed by atoms with E-state index in [2.05, 4.69) is 26.9 Å². The molecule has 0 aromatic heterocycles. The molecular formula is C15H16BrFN2. The fourth-order valence-electron chi connectivity index (χ4n) is 1.95. The molecule has 0 bridgehead atoms. The SMILES string of the molecule is CN(Cc1ccc(N)c(F)c1)Cc1ccccc1Br. The molecule has 4 heteroatoms. The molecule has 0 saturated heterocycles. The van der Waals surface area contributed by atoms with Crippen LogP contribution in [0.4, 0.5) is 10.1 Å². The lowest BCUT2D eigenvalue weighted by atomic mass is 10.1. The average Bonchev–Trinajstić information content (AvgIpc) is 2.37. The minimum Gasteiger partial charge on any atom is -0.396 e. The molecule has 2 aromatic carbocycles. The Labute approximate surface area is 121 Å². The number of nitrogen functional groups attached to an aromatic ring is 1. The van der Waals surface area contributed by atoms with Gasteiger partial charge in [-0.15, -0.1) is 0 Å². The van der Waals surface area contributed by atoms with E-state index >= 15 is 0 Å². The van der Waals surface area contributed by atoms with Crippen LogP contribution in [0.15, 0.2) is 46.9 Å². The van der Waals surface area contributed by atoms with Crippen molar-refractivity contribution in [1.29, 1.82) is 0 Å². The fraction of sp³-hybridized carbons (Fsp3) is 0.200. The molecule has 2 rings (SSSR count). The summed E-state index contributed by atoms with van der Waals surface area (Å²) in [5.41, 5.74) is 7.79. The number of hydrogen-bond donors (Lipinski definition) is 1. The van der Waals surface area contributed by atoms with Crippen LogP contribution in [0, 0.1) is 5.82 Å².